The van der Waals surface area contributed by atoms with E-state index in [4.69, 9.17) is 0 Å². The average Bonchev–Trinajstić information content (AvgIpc) is 2.33. The molecule has 0 aliphatic heterocycles. The van der Waals surface area contributed by atoms with E-state index in [0.29, 0.717) is 19.0 Å². The Morgan fingerprint density at radius 3 is 2.33 bits per heavy atom. The topological polar surface area (TPSA) is 61.4 Å². The highest BCUT2D eigenvalue weighted by molar-refractivity contribution is 5.83. The lowest BCUT2D eigenvalue weighted by molar-refractivity contribution is -0.131. The summed E-state index contributed by atoms with van der Waals surface area (Å²) in [4.78, 5) is 24.8. The van der Waals surface area contributed by atoms with Crippen LogP contribution >= 0.6 is 0 Å². The number of nitrogens with zero attached hydrogens (tertiary/aromatic N) is 1. The van der Waals surface area contributed by atoms with E-state index in [9.17, 15) is 9.59 Å². The summed E-state index contributed by atoms with van der Waals surface area (Å²) in [5.41, 5.74) is 0. The summed E-state index contributed by atoms with van der Waals surface area (Å²) in [7, 11) is 1.75. The second kappa shape index (κ2) is 8.91. The maximum atomic E-state index is 11.7. The third kappa shape index (κ3) is 7.27. The molecular weight excluding hydrogens is 230 g/mol. The predicted molar refractivity (Wildman–Crippen MR) is 73.2 cm³/mol. The standard InChI is InChI=1S/C13H27N3O2/c1-6-16(5)13(18)11(4)15-9-12(17)14-8-7-10(2)3/h10-11,15H,6-9H2,1-5H3,(H,14,17). The molecule has 0 rings (SSSR count). The molecule has 0 fully saturated rings. The Bertz CT molecular complexity index is 267. The summed E-state index contributed by atoms with van der Waals surface area (Å²) in [6.07, 6.45) is 0.971. The molecule has 0 aromatic rings. The van der Waals surface area contributed by atoms with Crippen molar-refractivity contribution < 1.29 is 9.59 Å². The molecule has 2 N–H and O–H groups in total. The molecular formula is C13H27N3O2. The Labute approximate surface area is 110 Å². The molecule has 1 unspecified atom stereocenters. The minimum absolute atomic E-state index is 0.00693. The second-order valence-corrected chi connectivity index (χ2v) is 4.99. The molecule has 5 nitrogen and oxygen atoms in total. The van der Waals surface area contributed by atoms with Gasteiger partial charge in [0.15, 0.2) is 0 Å². The van der Waals surface area contributed by atoms with Gasteiger partial charge in [-0.15, -0.1) is 0 Å². The van der Waals surface area contributed by atoms with Gasteiger partial charge in [0.25, 0.3) is 0 Å². The molecule has 5 heteroatoms. The van der Waals surface area contributed by atoms with Gasteiger partial charge in [-0.2, -0.15) is 0 Å². The molecule has 0 bridgehead atoms. The molecule has 0 saturated carbocycles. The largest absolute Gasteiger partial charge is 0.355 e. The van der Waals surface area contributed by atoms with Crippen molar-refractivity contribution in [2.24, 2.45) is 5.92 Å². The normalized spacial score (nSPS) is 12.3. The van der Waals surface area contributed by atoms with Crippen LogP contribution in [0.5, 0.6) is 0 Å². The first-order valence-electron chi connectivity index (χ1n) is 6.63. The third-order valence-electron chi connectivity index (χ3n) is 2.83. The van der Waals surface area contributed by atoms with Gasteiger partial charge in [-0.3, -0.25) is 14.9 Å². The first-order valence-corrected chi connectivity index (χ1v) is 6.63. The first kappa shape index (κ1) is 16.9. The van der Waals surface area contributed by atoms with Gasteiger partial charge in [-0.05, 0) is 26.2 Å². The van der Waals surface area contributed by atoms with Crippen LogP contribution in [0, 0.1) is 5.92 Å². The van der Waals surface area contributed by atoms with Crippen LogP contribution in [0.25, 0.3) is 0 Å². The Hall–Kier alpha value is -1.10. The number of carbonyl (C=O) groups excluding carboxylic acids is 2. The number of hydrogen-bond acceptors (Lipinski definition) is 3. The summed E-state index contributed by atoms with van der Waals surface area (Å²) >= 11 is 0. The summed E-state index contributed by atoms with van der Waals surface area (Å²) in [6, 6.07) is -0.328. The number of likely N-dealkylation sites (N-methyl/N-ethyl adjacent to an activating group) is 1. The third-order valence-corrected chi connectivity index (χ3v) is 2.83. The number of hydrogen-bond donors (Lipinski definition) is 2. The zero-order valence-corrected chi connectivity index (χ0v) is 12.2. The van der Waals surface area contributed by atoms with Crippen molar-refractivity contribution in [1.29, 1.82) is 0 Å². The maximum Gasteiger partial charge on any atom is 0.239 e. The van der Waals surface area contributed by atoms with Gasteiger partial charge in [0, 0.05) is 20.1 Å². The molecule has 1 atom stereocenters. The minimum Gasteiger partial charge on any atom is -0.355 e. The average molecular weight is 257 g/mol. The summed E-state index contributed by atoms with van der Waals surface area (Å²) in [5, 5.41) is 5.76. The van der Waals surface area contributed by atoms with E-state index in [0.717, 1.165) is 6.42 Å². The van der Waals surface area contributed by atoms with Crippen LogP contribution < -0.4 is 10.6 Å². The van der Waals surface area contributed by atoms with E-state index in [1.165, 1.54) is 0 Å². The van der Waals surface area contributed by atoms with Gasteiger partial charge < -0.3 is 10.2 Å². The van der Waals surface area contributed by atoms with E-state index in [1.807, 2.05) is 6.92 Å². The maximum absolute atomic E-state index is 11.7. The zero-order chi connectivity index (χ0) is 14.1. The van der Waals surface area contributed by atoms with E-state index in [2.05, 4.69) is 24.5 Å². The van der Waals surface area contributed by atoms with Gasteiger partial charge in [-0.1, -0.05) is 13.8 Å². The van der Waals surface area contributed by atoms with Crippen molar-refractivity contribution >= 4 is 11.8 Å². The summed E-state index contributed by atoms with van der Waals surface area (Å²) in [5.74, 6) is 0.527. The molecule has 18 heavy (non-hydrogen) atoms. The van der Waals surface area contributed by atoms with E-state index in [1.54, 1.807) is 18.9 Å². The van der Waals surface area contributed by atoms with Gasteiger partial charge >= 0.3 is 0 Å². The van der Waals surface area contributed by atoms with Crippen LogP contribution in [-0.2, 0) is 9.59 Å². The van der Waals surface area contributed by atoms with Crippen LogP contribution in [0.4, 0.5) is 0 Å². The SMILES string of the molecule is CCN(C)C(=O)C(C)NCC(=O)NCCC(C)C. The quantitative estimate of drug-likeness (QED) is 0.669. The predicted octanol–water partition coefficient (Wildman–Crippen LogP) is 0.605. The Morgan fingerprint density at radius 2 is 1.83 bits per heavy atom. The Balaban J connectivity index is 3.81. The van der Waals surface area contributed by atoms with Crippen LogP contribution in [0.15, 0.2) is 0 Å². The minimum atomic E-state index is -0.328. The number of carbonyl (C=O) groups is 2. The highest BCUT2D eigenvalue weighted by Crippen LogP contribution is 1.96. The molecule has 0 heterocycles. The summed E-state index contributed by atoms with van der Waals surface area (Å²) in [6.45, 7) is 9.47. The lowest BCUT2D eigenvalue weighted by Crippen LogP contribution is -2.46. The first-order chi connectivity index (χ1) is 8.38. The zero-order valence-electron chi connectivity index (χ0n) is 12.2. The van der Waals surface area contributed by atoms with Crippen LogP contribution in [-0.4, -0.2) is 49.4 Å². The van der Waals surface area contributed by atoms with E-state index >= 15 is 0 Å². The fraction of sp³-hybridized carbons (Fsp3) is 0.846. The second-order valence-electron chi connectivity index (χ2n) is 4.99. The number of nitrogens with one attached hydrogen (secondary N) is 2. The highest BCUT2D eigenvalue weighted by atomic mass is 16.2. The van der Waals surface area contributed by atoms with Crippen LogP contribution in [0.2, 0.25) is 0 Å². The van der Waals surface area contributed by atoms with Crippen LogP contribution in [0.3, 0.4) is 0 Å². The molecule has 0 aliphatic rings. The highest BCUT2D eigenvalue weighted by Gasteiger charge is 2.16. The van der Waals surface area contributed by atoms with Crippen molar-refractivity contribution in [1.82, 2.24) is 15.5 Å². The molecule has 0 aromatic carbocycles. The van der Waals surface area contributed by atoms with E-state index < -0.39 is 0 Å². The molecule has 0 saturated heterocycles. The lowest BCUT2D eigenvalue weighted by atomic mass is 10.1. The molecule has 106 valence electrons. The van der Waals surface area contributed by atoms with Crippen LogP contribution in [0.1, 0.15) is 34.1 Å². The Kier molecular flexibility index (Phi) is 8.37. The molecule has 0 spiro atoms. The lowest BCUT2D eigenvalue weighted by Gasteiger charge is -2.20. The number of amides is 2. The van der Waals surface area contributed by atoms with Gasteiger partial charge in [0.1, 0.15) is 0 Å². The van der Waals surface area contributed by atoms with Crippen molar-refractivity contribution in [2.45, 2.75) is 40.2 Å². The molecule has 0 aliphatic carbocycles. The molecule has 0 radical (unpaired) electrons. The fourth-order valence-corrected chi connectivity index (χ4v) is 1.38. The van der Waals surface area contributed by atoms with Gasteiger partial charge in [0.2, 0.25) is 11.8 Å². The fourth-order valence-electron chi connectivity index (χ4n) is 1.38. The monoisotopic (exact) mass is 257 g/mol. The van der Waals surface area contributed by atoms with Crippen molar-refractivity contribution in [3.05, 3.63) is 0 Å². The van der Waals surface area contributed by atoms with Gasteiger partial charge in [0.05, 0.1) is 12.6 Å². The van der Waals surface area contributed by atoms with Crippen molar-refractivity contribution in [3.8, 4) is 0 Å². The molecule has 0 aromatic heterocycles. The smallest absolute Gasteiger partial charge is 0.239 e. The Morgan fingerprint density at radius 1 is 1.22 bits per heavy atom. The number of rotatable bonds is 8. The molecule has 2 amide bonds. The summed E-state index contributed by atoms with van der Waals surface area (Å²) < 4.78 is 0. The van der Waals surface area contributed by atoms with Crippen molar-refractivity contribution in [2.75, 3.05) is 26.7 Å². The van der Waals surface area contributed by atoms with Gasteiger partial charge in [-0.25, -0.2) is 0 Å². The van der Waals surface area contributed by atoms with Crippen molar-refractivity contribution in [3.63, 3.8) is 0 Å². The van der Waals surface area contributed by atoms with E-state index in [-0.39, 0.29) is 24.4 Å².